The van der Waals surface area contributed by atoms with E-state index in [0.717, 1.165) is 40.9 Å². The maximum absolute atomic E-state index is 6.14. The molecule has 0 saturated carbocycles. The van der Waals surface area contributed by atoms with Crippen LogP contribution in [0.2, 0.25) is 5.02 Å². The number of fused-ring (bicyclic) bond motifs is 1. The largest absolute Gasteiger partial charge is 0.369 e. The van der Waals surface area contributed by atoms with E-state index in [-0.39, 0.29) is 0 Å². The van der Waals surface area contributed by atoms with Crippen molar-refractivity contribution < 1.29 is 0 Å². The lowest BCUT2D eigenvalue weighted by Gasteiger charge is -2.13. The fourth-order valence-corrected chi connectivity index (χ4v) is 3.26. The third-order valence-electron chi connectivity index (χ3n) is 4.60. The number of hydrogen-bond donors (Lipinski definition) is 2. The van der Waals surface area contributed by atoms with Crippen LogP contribution in [0.4, 0.5) is 17.5 Å². The summed E-state index contributed by atoms with van der Waals surface area (Å²) in [5.74, 6) is 1.37. The number of aromatic nitrogens is 2. The molecule has 1 heterocycles. The first-order chi connectivity index (χ1) is 13.7. The third-order valence-corrected chi connectivity index (χ3v) is 4.83. The molecule has 0 atom stereocenters. The average molecular weight is 389 g/mol. The zero-order chi connectivity index (χ0) is 19.3. The van der Waals surface area contributed by atoms with Crippen molar-refractivity contribution in [3.05, 3.63) is 88.9 Å². The van der Waals surface area contributed by atoms with Crippen LogP contribution in [0.15, 0.2) is 72.8 Å². The van der Waals surface area contributed by atoms with E-state index in [4.69, 9.17) is 16.6 Å². The first kappa shape index (κ1) is 18.3. The lowest BCUT2D eigenvalue weighted by molar-refractivity contribution is 1.01. The van der Waals surface area contributed by atoms with E-state index in [2.05, 4.69) is 39.9 Å². The van der Waals surface area contributed by atoms with Crippen molar-refractivity contribution in [2.75, 3.05) is 17.2 Å². The van der Waals surface area contributed by atoms with E-state index in [0.29, 0.717) is 11.0 Å². The van der Waals surface area contributed by atoms with Gasteiger partial charge in [0.1, 0.15) is 5.82 Å². The molecule has 0 radical (unpaired) electrons. The van der Waals surface area contributed by atoms with Gasteiger partial charge in [-0.3, -0.25) is 0 Å². The zero-order valence-electron chi connectivity index (χ0n) is 15.6. The summed E-state index contributed by atoms with van der Waals surface area (Å²) in [5, 5.41) is 8.46. The Labute approximate surface area is 169 Å². The van der Waals surface area contributed by atoms with Crippen LogP contribution < -0.4 is 10.6 Å². The minimum Gasteiger partial charge on any atom is -0.369 e. The van der Waals surface area contributed by atoms with E-state index in [9.17, 15) is 0 Å². The topological polar surface area (TPSA) is 49.8 Å². The summed E-state index contributed by atoms with van der Waals surface area (Å²) >= 11 is 6.14. The predicted molar refractivity (Wildman–Crippen MR) is 118 cm³/mol. The minimum absolute atomic E-state index is 0.547. The first-order valence-corrected chi connectivity index (χ1v) is 9.64. The molecular formula is C23H21ClN4. The molecule has 28 heavy (non-hydrogen) atoms. The molecule has 0 aliphatic rings. The summed E-state index contributed by atoms with van der Waals surface area (Å²) in [6.07, 6.45) is 0.926. The van der Waals surface area contributed by atoms with Crippen LogP contribution in [0.3, 0.4) is 0 Å². The fraction of sp³-hybridized carbons (Fsp3) is 0.130. The highest BCUT2D eigenvalue weighted by Crippen LogP contribution is 2.26. The second kappa shape index (κ2) is 8.28. The Morgan fingerprint density at radius 2 is 1.68 bits per heavy atom. The van der Waals surface area contributed by atoms with Crippen LogP contribution in [-0.4, -0.2) is 16.5 Å². The van der Waals surface area contributed by atoms with Crippen molar-refractivity contribution in [1.82, 2.24) is 9.97 Å². The smallest absolute Gasteiger partial charge is 0.229 e. The molecule has 140 valence electrons. The van der Waals surface area contributed by atoms with Gasteiger partial charge in [-0.25, -0.2) is 4.98 Å². The molecule has 5 heteroatoms. The van der Waals surface area contributed by atoms with Gasteiger partial charge in [0, 0.05) is 22.6 Å². The Bertz CT molecular complexity index is 1100. The molecule has 0 spiro atoms. The molecule has 4 rings (SSSR count). The van der Waals surface area contributed by atoms with Crippen LogP contribution in [0.25, 0.3) is 10.9 Å². The van der Waals surface area contributed by atoms with E-state index >= 15 is 0 Å². The Balaban J connectivity index is 1.60. The van der Waals surface area contributed by atoms with Gasteiger partial charge in [0.05, 0.1) is 5.52 Å². The van der Waals surface area contributed by atoms with E-state index in [1.165, 1.54) is 5.56 Å². The maximum atomic E-state index is 6.14. The number of nitrogens with one attached hydrogen (secondary N) is 2. The Morgan fingerprint density at radius 3 is 2.54 bits per heavy atom. The van der Waals surface area contributed by atoms with Crippen LogP contribution in [0, 0.1) is 6.92 Å². The molecule has 1 aromatic heterocycles. The Morgan fingerprint density at radius 1 is 0.893 bits per heavy atom. The minimum atomic E-state index is 0.547. The van der Waals surface area contributed by atoms with Gasteiger partial charge in [0.2, 0.25) is 5.95 Å². The normalized spacial score (nSPS) is 10.8. The van der Waals surface area contributed by atoms with Gasteiger partial charge in [-0.15, -0.1) is 0 Å². The molecule has 2 N–H and O–H groups in total. The second-order valence-electron chi connectivity index (χ2n) is 6.66. The predicted octanol–water partition coefficient (Wildman–Crippen LogP) is 5.99. The van der Waals surface area contributed by atoms with Crippen molar-refractivity contribution in [1.29, 1.82) is 0 Å². The number of benzene rings is 3. The lowest BCUT2D eigenvalue weighted by Crippen LogP contribution is -2.09. The van der Waals surface area contributed by atoms with E-state index in [1.807, 2.05) is 55.5 Å². The Kier molecular flexibility index (Phi) is 5.40. The van der Waals surface area contributed by atoms with Crippen molar-refractivity contribution in [2.45, 2.75) is 13.3 Å². The summed E-state index contributed by atoms with van der Waals surface area (Å²) < 4.78 is 0. The molecular weight excluding hydrogens is 368 g/mol. The second-order valence-corrected chi connectivity index (χ2v) is 7.10. The summed E-state index contributed by atoms with van der Waals surface area (Å²) in [5.41, 5.74) is 4.17. The molecule has 0 saturated heterocycles. The van der Waals surface area contributed by atoms with Gasteiger partial charge in [0.15, 0.2) is 0 Å². The van der Waals surface area contributed by atoms with E-state index in [1.54, 1.807) is 0 Å². The summed E-state index contributed by atoms with van der Waals surface area (Å²) in [7, 11) is 0. The average Bonchev–Trinajstić information content (AvgIpc) is 2.71. The molecule has 0 aliphatic carbocycles. The highest BCUT2D eigenvalue weighted by Gasteiger charge is 2.09. The van der Waals surface area contributed by atoms with Crippen LogP contribution >= 0.6 is 11.6 Å². The summed E-state index contributed by atoms with van der Waals surface area (Å²) in [6, 6.07) is 24.2. The molecule has 4 nitrogen and oxygen atoms in total. The molecule has 3 aromatic carbocycles. The van der Waals surface area contributed by atoms with Gasteiger partial charge in [-0.2, -0.15) is 4.98 Å². The molecule has 0 aliphatic heterocycles. The zero-order valence-corrected chi connectivity index (χ0v) is 16.4. The number of rotatable bonds is 6. The van der Waals surface area contributed by atoms with Crippen molar-refractivity contribution >= 4 is 40.0 Å². The number of aryl methyl sites for hydroxylation is 1. The monoisotopic (exact) mass is 388 g/mol. The van der Waals surface area contributed by atoms with Crippen LogP contribution in [0.5, 0.6) is 0 Å². The van der Waals surface area contributed by atoms with Crippen LogP contribution in [0.1, 0.15) is 11.1 Å². The highest BCUT2D eigenvalue weighted by atomic mass is 35.5. The molecule has 0 amide bonds. The SMILES string of the molecule is Cc1ccc(Cl)cc1Nc1nc(NCCc2ccccc2)c2ccccc2n1. The van der Waals surface area contributed by atoms with Gasteiger partial charge >= 0.3 is 0 Å². The van der Waals surface area contributed by atoms with Gasteiger partial charge in [-0.05, 0) is 48.7 Å². The van der Waals surface area contributed by atoms with Crippen molar-refractivity contribution in [3.63, 3.8) is 0 Å². The summed E-state index contributed by atoms with van der Waals surface area (Å²) in [6.45, 7) is 2.82. The standard InChI is InChI=1S/C23H21ClN4/c1-16-11-12-18(24)15-21(16)27-23-26-20-10-6-5-9-19(20)22(28-23)25-14-13-17-7-3-2-4-8-17/h2-12,15H,13-14H2,1H3,(H2,25,26,27,28). The lowest BCUT2D eigenvalue weighted by atomic mass is 10.1. The number of nitrogens with zero attached hydrogens (tertiary/aromatic N) is 2. The quantitative estimate of drug-likeness (QED) is 0.426. The highest BCUT2D eigenvalue weighted by molar-refractivity contribution is 6.30. The molecule has 4 aromatic rings. The molecule has 0 fully saturated rings. The van der Waals surface area contributed by atoms with E-state index < -0.39 is 0 Å². The number of hydrogen-bond acceptors (Lipinski definition) is 4. The third kappa shape index (κ3) is 4.24. The van der Waals surface area contributed by atoms with Crippen LogP contribution in [-0.2, 0) is 6.42 Å². The summed E-state index contributed by atoms with van der Waals surface area (Å²) in [4.78, 5) is 9.38. The molecule has 0 unspecified atom stereocenters. The van der Waals surface area contributed by atoms with Gasteiger partial charge in [0.25, 0.3) is 0 Å². The number of para-hydroxylation sites is 1. The number of halogens is 1. The molecule has 0 bridgehead atoms. The van der Waals surface area contributed by atoms with Crippen molar-refractivity contribution in [2.24, 2.45) is 0 Å². The first-order valence-electron chi connectivity index (χ1n) is 9.27. The fourth-order valence-electron chi connectivity index (χ4n) is 3.09. The number of anilines is 3. The maximum Gasteiger partial charge on any atom is 0.229 e. The van der Waals surface area contributed by atoms with Gasteiger partial charge < -0.3 is 10.6 Å². The Hall–Kier alpha value is -3.11. The van der Waals surface area contributed by atoms with Crippen molar-refractivity contribution in [3.8, 4) is 0 Å². The van der Waals surface area contributed by atoms with Gasteiger partial charge in [-0.1, -0.05) is 60.1 Å².